The number of nitrogens with zero attached hydrogens (tertiary/aromatic N) is 2. The molecular formula is C27H26FN3O3. The fourth-order valence-electron chi connectivity index (χ4n) is 4.61. The van der Waals surface area contributed by atoms with Gasteiger partial charge in [0.15, 0.2) is 6.10 Å². The Balaban J connectivity index is 1.40. The van der Waals surface area contributed by atoms with Gasteiger partial charge in [-0.15, -0.1) is 0 Å². The van der Waals surface area contributed by atoms with E-state index >= 15 is 0 Å². The number of imidazole rings is 1. The van der Waals surface area contributed by atoms with E-state index in [0.29, 0.717) is 6.54 Å². The molecule has 6 nitrogen and oxygen atoms in total. The SMILES string of the molecule is CC(=O)O[C@H]1c2ccc(NCc3cccc(-n4c(C)nc5ccc(F)cc54)c3C)cc2OC1C. The van der Waals surface area contributed by atoms with Crippen LogP contribution >= 0.6 is 0 Å². The Morgan fingerprint density at radius 3 is 2.79 bits per heavy atom. The lowest BCUT2D eigenvalue weighted by Gasteiger charge is -2.16. The Bertz CT molecular complexity index is 1410. The molecule has 0 aliphatic carbocycles. The molecule has 5 rings (SSSR count). The highest BCUT2D eigenvalue weighted by atomic mass is 19.1. The van der Waals surface area contributed by atoms with Crippen molar-refractivity contribution >= 4 is 22.7 Å². The van der Waals surface area contributed by atoms with Crippen molar-refractivity contribution in [3.8, 4) is 11.4 Å². The summed E-state index contributed by atoms with van der Waals surface area (Å²) in [6.45, 7) is 7.89. The molecule has 0 bridgehead atoms. The number of nitrogens with one attached hydrogen (secondary N) is 1. The number of aromatic nitrogens is 2. The molecule has 0 fully saturated rings. The van der Waals surface area contributed by atoms with Crippen LogP contribution in [0, 0.1) is 19.7 Å². The third kappa shape index (κ3) is 3.87. The predicted molar refractivity (Wildman–Crippen MR) is 129 cm³/mol. The van der Waals surface area contributed by atoms with Crippen molar-refractivity contribution in [2.24, 2.45) is 0 Å². The van der Waals surface area contributed by atoms with Gasteiger partial charge in [0.2, 0.25) is 0 Å². The highest BCUT2D eigenvalue weighted by molar-refractivity contribution is 5.79. The Hall–Kier alpha value is -3.87. The van der Waals surface area contributed by atoms with Crippen LogP contribution < -0.4 is 10.1 Å². The number of halogens is 1. The van der Waals surface area contributed by atoms with Crippen molar-refractivity contribution in [3.05, 3.63) is 82.9 Å². The third-order valence-electron chi connectivity index (χ3n) is 6.28. The Kier molecular flexibility index (Phi) is 5.48. The number of aryl methyl sites for hydroxylation is 1. The second-order valence-corrected chi connectivity index (χ2v) is 8.65. The molecule has 2 heterocycles. The summed E-state index contributed by atoms with van der Waals surface area (Å²) >= 11 is 0. The fourth-order valence-corrected chi connectivity index (χ4v) is 4.61. The van der Waals surface area contributed by atoms with Crippen LogP contribution in [-0.2, 0) is 16.1 Å². The first-order chi connectivity index (χ1) is 16.3. The molecule has 174 valence electrons. The van der Waals surface area contributed by atoms with Crippen LogP contribution in [-0.4, -0.2) is 21.6 Å². The van der Waals surface area contributed by atoms with E-state index in [1.807, 2.05) is 48.7 Å². The van der Waals surface area contributed by atoms with Crippen LogP contribution in [0.4, 0.5) is 10.1 Å². The molecule has 0 amide bonds. The molecule has 0 spiro atoms. The van der Waals surface area contributed by atoms with Crippen molar-refractivity contribution in [2.75, 3.05) is 5.32 Å². The van der Waals surface area contributed by atoms with Gasteiger partial charge in [0.1, 0.15) is 23.5 Å². The maximum absolute atomic E-state index is 13.9. The number of carbonyl (C=O) groups is 1. The Morgan fingerprint density at radius 1 is 1.18 bits per heavy atom. The molecule has 2 atom stereocenters. The van der Waals surface area contributed by atoms with Gasteiger partial charge in [0.25, 0.3) is 0 Å². The van der Waals surface area contributed by atoms with E-state index in [0.717, 1.165) is 50.7 Å². The molecule has 1 aliphatic rings. The molecule has 1 unspecified atom stereocenters. The first-order valence-corrected chi connectivity index (χ1v) is 11.3. The largest absolute Gasteiger partial charge is 0.486 e. The molecule has 1 aliphatic heterocycles. The number of fused-ring (bicyclic) bond motifs is 2. The second-order valence-electron chi connectivity index (χ2n) is 8.65. The molecule has 4 aromatic rings. The first kappa shape index (κ1) is 21.9. The zero-order chi connectivity index (χ0) is 24.0. The molecule has 34 heavy (non-hydrogen) atoms. The molecule has 0 radical (unpaired) electrons. The van der Waals surface area contributed by atoms with E-state index in [9.17, 15) is 9.18 Å². The molecule has 1 aromatic heterocycles. The van der Waals surface area contributed by atoms with E-state index in [1.54, 1.807) is 6.07 Å². The molecule has 7 heteroatoms. The summed E-state index contributed by atoms with van der Waals surface area (Å²) in [5.41, 5.74) is 6.47. The topological polar surface area (TPSA) is 65.4 Å². The number of anilines is 1. The smallest absolute Gasteiger partial charge is 0.303 e. The molecule has 0 saturated carbocycles. The van der Waals surface area contributed by atoms with E-state index in [-0.39, 0.29) is 17.9 Å². The number of esters is 1. The fraction of sp³-hybridized carbons (Fsp3) is 0.259. The van der Waals surface area contributed by atoms with Crippen molar-refractivity contribution in [2.45, 2.75) is 46.4 Å². The third-order valence-corrected chi connectivity index (χ3v) is 6.28. The van der Waals surface area contributed by atoms with E-state index in [1.165, 1.54) is 19.1 Å². The molecule has 1 N–H and O–H groups in total. The summed E-state index contributed by atoms with van der Waals surface area (Å²) in [7, 11) is 0. The lowest BCUT2D eigenvalue weighted by atomic mass is 10.1. The van der Waals surface area contributed by atoms with Crippen LogP contribution in [0.2, 0.25) is 0 Å². The molecular weight excluding hydrogens is 433 g/mol. The lowest BCUT2D eigenvalue weighted by molar-refractivity contribution is -0.149. The van der Waals surface area contributed by atoms with Crippen LogP contribution in [0.3, 0.4) is 0 Å². The minimum Gasteiger partial charge on any atom is -0.486 e. The number of carbonyl (C=O) groups excluding carboxylic acids is 1. The first-order valence-electron chi connectivity index (χ1n) is 11.3. The van der Waals surface area contributed by atoms with Gasteiger partial charge in [-0.3, -0.25) is 9.36 Å². The van der Waals surface area contributed by atoms with Crippen LogP contribution in [0.1, 0.15) is 42.5 Å². The molecule has 0 saturated heterocycles. The quantitative estimate of drug-likeness (QED) is 0.383. The summed E-state index contributed by atoms with van der Waals surface area (Å²) in [5, 5.41) is 3.46. The summed E-state index contributed by atoms with van der Waals surface area (Å²) in [4.78, 5) is 16.0. The number of rotatable bonds is 5. The Labute approximate surface area is 197 Å². The maximum Gasteiger partial charge on any atom is 0.303 e. The van der Waals surface area contributed by atoms with Crippen molar-refractivity contribution in [1.82, 2.24) is 9.55 Å². The Morgan fingerprint density at radius 2 is 2.00 bits per heavy atom. The monoisotopic (exact) mass is 459 g/mol. The van der Waals surface area contributed by atoms with E-state index in [4.69, 9.17) is 9.47 Å². The van der Waals surface area contributed by atoms with Gasteiger partial charge in [0.05, 0.1) is 16.7 Å². The number of hydrogen-bond acceptors (Lipinski definition) is 5. The van der Waals surface area contributed by atoms with Gasteiger partial charge >= 0.3 is 5.97 Å². The van der Waals surface area contributed by atoms with Gasteiger partial charge < -0.3 is 14.8 Å². The summed E-state index contributed by atoms with van der Waals surface area (Å²) in [5.74, 6) is 0.917. The van der Waals surface area contributed by atoms with Crippen molar-refractivity contribution in [1.29, 1.82) is 0 Å². The van der Waals surface area contributed by atoms with Crippen LogP contribution in [0.15, 0.2) is 54.6 Å². The van der Waals surface area contributed by atoms with E-state index < -0.39 is 6.10 Å². The zero-order valence-electron chi connectivity index (χ0n) is 19.6. The lowest BCUT2D eigenvalue weighted by Crippen LogP contribution is -2.18. The number of ether oxygens (including phenoxy) is 2. The number of hydrogen-bond donors (Lipinski definition) is 1. The highest BCUT2D eigenvalue weighted by Gasteiger charge is 2.33. The van der Waals surface area contributed by atoms with Gasteiger partial charge in [-0.25, -0.2) is 9.37 Å². The van der Waals surface area contributed by atoms with Gasteiger partial charge in [-0.1, -0.05) is 12.1 Å². The van der Waals surface area contributed by atoms with Crippen molar-refractivity contribution in [3.63, 3.8) is 0 Å². The summed E-state index contributed by atoms with van der Waals surface area (Å²) in [6.07, 6.45) is -0.621. The predicted octanol–water partition coefficient (Wildman–Crippen LogP) is 5.78. The number of benzene rings is 3. The minimum atomic E-state index is -0.390. The summed E-state index contributed by atoms with van der Waals surface area (Å²) in [6, 6.07) is 16.6. The van der Waals surface area contributed by atoms with Gasteiger partial charge in [0, 0.05) is 36.9 Å². The van der Waals surface area contributed by atoms with Crippen LogP contribution in [0.25, 0.3) is 16.7 Å². The average Bonchev–Trinajstić information content (AvgIpc) is 3.27. The van der Waals surface area contributed by atoms with Crippen LogP contribution in [0.5, 0.6) is 5.75 Å². The summed E-state index contributed by atoms with van der Waals surface area (Å²) < 4.78 is 27.3. The standard InChI is InChI=1S/C27H26FN3O3/c1-15-19(6-5-7-24(15)31-17(3)30-23-11-8-20(28)12-25(23)31)14-29-21-9-10-22-26(13-21)33-16(2)27(22)34-18(4)32/h5-13,16,27,29H,14H2,1-4H3/t16?,27-/m1/s1. The second kappa shape index (κ2) is 8.48. The highest BCUT2D eigenvalue weighted by Crippen LogP contribution is 2.40. The normalized spacial score (nSPS) is 16.9. The van der Waals surface area contributed by atoms with Crippen molar-refractivity contribution < 1.29 is 18.7 Å². The maximum atomic E-state index is 13.9. The van der Waals surface area contributed by atoms with Gasteiger partial charge in [-0.2, -0.15) is 0 Å². The minimum absolute atomic E-state index is 0.230. The zero-order valence-corrected chi connectivity index (χ0v) is 19.6. The average molecular weight is 460 g/mol. The van der Waals surface area contributed by atoms with Gasteiger partial charge in [-0.05, 0) is 62.2 Å². The molecule has 3 aromatic carbocycles. The van der Waals surface area contributed by atoms with E-state index in [2.05, 4.69) is 23.3 Å².